The van der Waals surface area contributed by atoms with Crippen molar-refractivity contribution in [2.24, 2.45) is 5.92 Å². The first-order valence-corrected chi connectivity index (χ1v) is 3.00. The largest absolute Gasteiger partial charge is 0.353 e. The van der Waals surface area contributed by atoms with E-state index in [1.807, 2.05) is 0 Å². The molecule has 0 aromatic carbocycles. The average Bonchev–Trinajstić information content (AvgIpc) is 2.12. The quantitative estimate of drug-likeness (QED) is 0.509. The van der Waals surface area contributed by atoms with Gasteiger partial charge in [-0.25, -0.2) is 0 Å². The van der Waals surface area contributed by atoms with Crippen LogP contribution in [0, 0.1) is 5.92 Å². The Morgan fingerprint density at radius 3 is 2.50 bits per heavy atom. The summed E-state index contributed by atoms with van der Waals surface area (Å²) in [6.45, 7) is 5.54. The van der Waals surface area contributed by atoms with E-state index in [1.165, 1.54) is 0 Å². The Kier molecular flexibility index (Phi) is 1.86. The lowest BCUT2D eigenvalue weighted by molar-refractivity contribution is 0.0336. The third-order valence-corrected chi connectivity index (χ3v) is 1.39. The van der Waals surface area contributed by atoms with Crippen LogP contribution in [-0.2, 0) is 9.47 Å². The third kappa shape index (κ3) is 1.20. The van der Waals surface area contributed by atoms with Crippen LogP contribution >= 0.6 is 0 Å². The maximum Gasteiger partial charge on any atom is 0.147 e. The average molecular weight is 116 g/mol. The molecular formula is C6H12O2. The molecule has 0 spiro atoms. The Morgan fingerprint density at radius 1 is 1.50 bits per heavy atom. The van der Waals surface area contributed by atoms with E-state index >= 15 is 0 Å². The van der Waals surface area contributed by atoms with Gasteiger partial charge in [-0.3, -0.25) is 0 Å². The zero-order chi connectivity index (χ0) is 5.98. The lowest BCUT2D eigenvalue weighted by Crippen LogP contribution is -2.16. The summed E-state index contributed by atoms with van der Waals surface area (Å²) in [5.41, 5.74) is 0. The van der Waals surface area contributed by atoms with Crippen LogP contribution in [0.5, 0.6) is 0 Å². The minimum Gasteiger partial charge on any atom is -0.353 e. The van der Waals surface area contributed by atoms with Crippen LogP contribution in [-0.4, -0.2) is 19.5 Å². The first-order chi connectivity index (χ1) is 3.80. The van der Waals surface area contributed by atoms with Crippen LogP contribution in [0.4, 0.5) is 0 Å². The smallest absolute Gasteiger partial charge is 0.147 e. The predicted molar refractivity (Wildman–Crippen MR) is 30.5 cm³/mol. The molecule has 2 nitrogen and oxygen atoms in total. The summed E-state index contributed by atoms with van der Waals surface area (Å²) in [6, 6.07) is 0. The maximum atomic E-state index is 5.19. The highest BCUT2D eigenvalue weighted by Gasteiger charge is 2.18. The summed E-state index contributed by atoms with van der Waals surface area (Å²) in [5.74, 6) is 0.595. The minimum atomic E-state index is 0.343. The zero-order valence-corrected chi connectivity index (χ0v) is 5.39. The molecule has 8 heavy (non-hydrogen) atoms. The second kappa shape index (κ2) is 2.46. The van der Waals surface area contributed by atoms with Crippen molar-refractivity contribution in [3.63, 3.8) is 0 Å². The fourth-order valence-corrected chi connectivity index (χ4v) is 0.733. The Morgan fingerprint density at radius 2 is 2.25 bits per heavy atom. The number of hydrogen-bond donors (Lipinski definition) is 0. The number of ether oxygens (including phenoxy) is 2. The second-order valence-electron chi connectivity index (χ2n) is 2.44. The summed E-state index contributed by atoms with van der Waals surface area (Å²) >= 11 is 0. The van der Waals surface area contributed by atoms with Gasteiger partial charge in [0, 0.05) is 0 Å². The molecular weight excluding hydrogens is 104 g/mol. The highest BCUT2D eigenvalue weighted by Crippen LogP contribution is 2.11. The molecule has 0 aromatic rings. The summed E-state index contributed by atoms with van der Waals surface area (Å²) in [5, 5.41) is 0. The van der Waals surface area contributed by atoms with Crippen LogP contribution in [0.2, 0.25) is 0 Å². The van der Waals surface area contributed by atoms with E-state index in [4.69, 9.17) is 9.47 Å². The molecule has 0 bridgehead atoms. The first-order valence-electron chi connectivity index (χ1n) is 3.00. The number of rotatable bonds is 1. The summed E-state index contributed by atoms with van der Waals surface area (Å²) in [7, 11) is 0. The van der Waals surface area contributed by atoms with Gasteiger partial charge >= 0.3 is 0 Å². The molecule has 1 rings (SSSR count). The molecule has 0 N–H and O–H groups in total. The van der Waals surface area contributed by atoms with E-state index in [0.717, 1.165) is 6.61 Å². The lowest BCUT2D eigenvalue weighted by atomic mass is 10.1. The third-order valence-electron chi connectivity index (χ3n) is 1.39. The van der Waals surface area contributed by atoms with Gasteiger partial charge in [-0.1, -0.05) is 13.8 Å². The Labute approximate surface area is 49.8 Å². The Hall–Kier alpha value is -0.0800. The highest BCUT2D eigenvalue weighted by atomic mass is 16.7. The van der Waals surface area contributed by atoms with E-state index in [-0.39, 0.29) is 0 Å². The van der Waals surface area contributed by atoms with E-state index in [2.05, 4.69) is 13.8 Å². The monoisotopic (exact) mass is 116 g/mol. The SMILES string of the molecule is CC(C)C1COCO1. The molecule has 48 valence electrons. The second-order valence-corrected chi connectivity index (χ2v) is 2.44. The normalized spacial score (nSPS) is 29.6. The van der Waals surface area contributed by atoms with Crippen molar-refractivity contribution in [1.29, 1.82) is 0 Å². The molecule has 1 atom stereocenters. The molecule has 0 aromatic heterocycles. The molecule has 0 amide bonds. The minimum absolute atomic E-state index is 0.343. The molecule has 0 saturated carbocycles. The molecule has 1 fully saturated rings. The van der Waals surface area contributed by atoms with Gasteiger partial charge in [0.05, 0.1) is 12.7 Å². The van der Waals surface area contributed by atoms with Crippen LogP contribution < -0.4 is 0 Å². The van der Waals surface area contributed by atoms with Crippen molar-refractivity contribution < 1.29 is 9.47 Å². The van der Waals surface area contributed by atoms with Gasteiger partial charge in [0.25, 0.3) is 0 Å². The molecule has 1 aliphatic heterocycles. The fraction of sp³-hybridized carbons (Fsp3) is 1.00. The molecule has 0 radical (unpaired) electrons. The van der Waals surface area contributed by atoms with Gasteiger partial charge in [-0.15, -0.1) is 0 Å². The zero-order valence-electron chi connectivity index (χ0n) is 5.39. The van der Waals surface area contributed by atoms with Crippen molar-refractivity contribution in [1.82, 2.24) is 0 Å². The van der Waals surface area contributed by atoms with Gasteiger partial charge in [0.1, 0.15) is 6.79 Å². The van der Waals surface area contributed by atoms with Crippen molar-refractivity contribution in [2.45, 2.75) is 20.0 Å². The standard InChI is InChI=1S/C6H12O2/c1-5(2)6-3-7-4-8-6/h5-6H,3-4H2,1-2H3. The van der Waals surface area contributed by atoms with Crippen LogP contribution in [0.3, 0.4) is 0 Å². The summed E-state index contributed by atoms with van der Waals surface area (Å²) in [6.07, 6.45) is 0.343. The Balaban J connectivity index is 2.24. The predicted octanol–water partition coefficient (Wildman–Crippen LogP) is 1.02. The maximum absolute atomic E-state index is 5.19. The van der Waals surface area contributed by atoms with E-state index in [9.17, 15) is 0 Å². The highest BCUT2D eigenvalue weighted by molar-refractivity contribution is 4.62. The lowest BCUT2D eigenvalue weighted by Gasteiger charge is -2.09. The van der Waals surface area contributed by atoms with Crippen LogP contribution in [0.15, 0.2) is 0 Å². The van der Waals surface area contributed by atoms with Gasteiger partial charge in [0.15, 0.2) is 0 Å². The first kappa shape index (κ1) is 6.05. The van der Waals surface area contributed by atoms with Crippen LogP contribution in [0.1, 0.15) is 13.8 Å². The molecule has 0 aliphatic carbocycles. The molecule has 1 saturated heterocycles. The molecule has 1 heterocycles. The van der Waals surface area contributed by atoms with E-state index in [0.29, 0.717) is 18.8 Å². The van der Waals surface area contributed by atoms with Gasteiger partial charge < -0.3 is 9.47 Å². The molecule has 1 unspecified atom stereocenters. The molecule has 2 heteroatoms. The fourth-order valence-electron chi connectivity index (χ4n) is 0.733. The summed E-state index contributed by atoms with van der Waals surface area (Å²) in [4.78, 5) is 0. The van der Waals surface area contributed by atoms with Crippen LogP contribution in [0.25, 0.3) is 0 Å². The topological polar surface area (TPSA) is 18.5 Å². The van der Waals surface area contributed by atoms with Gasteiger partial charge in [-0.2, -0.15) is 0 Å². The number of hydrogen-bond acceptors (Lipinski definition) is 2. The van der Waals surface area contributed by atoms with Crippen molar-refractivity contribution in [3.05, 3.63) is 0 Å². The van der Waals surface area contributed by atoms with E-state index < -0.39 is 0 Å². The van der Waals surface area contributed by atoms with Crippen molar-refractivity contribution in [2.75, 3.05) is 13.4 Å². The Bertz CT molecular complexity index is 64.9. The molecule has 1 aliphatic rings. The van der Waals surface area contributed by atoms with Crippen molar-refractivity contribution >= 4 is 0 Å². The van der Waals surface area contributed by atoms with Gasteiger partial charge in [-0.05, 0) is 5.92 Å². The van der Waals surface area contributed by atoms with E-state index in [1.54, 1.807) is 0 Å². The van der Waals surface area contributed by atoms with Crippen molar-refractivity contribution in [3.8, 4) is 0 Å². The van der Waals surface area contributed by atoms with Gasteiger partial charge in [0.2, 0.25) is 0 Å². The summed E-state index contributed by atoms with van der Waals surface area (Å²) < 4.78 is 10.2.